The number of nitrogens with one attached hydrogen (secondary N) is 1. The van der Waals surface area contributed by atoms with E-state index in [0.29, 0.717) is 16.4 Å². The van der Waals surface area contributed by atoms with Crippen molar-refractivity contribution in [3.05, 3.63) is 61.0 Å². The molecular weight excluding hydrogens is 355 g/mol. The summed E-state index contributed by atoms with van der Waals surface area (Å²) in [4.78, 5) is 10.5. The summed E-state index contributed by atoms with van der Waals surface area (Å²) in [7, 11) is 0. The van der Waals surface area contributed by atoms with Crippen molar-refractivity contribution in [2.45, 2.75) is 0 Å². The molecule has 0 heterocycles. The van der Waals surface area contributed by atoms with Crippen LogP contribution in [0.1, 0.15) is 0 Å². The molecule has 1 N–H and O–H groups in total. The normalized spacial score (nSPS) is 10.3. The molecule has 0 aliphatic rings. The van der Waals surface area contributed by atoms with Crippen molar-refractivity contribution in [2.75, 3.05) is 5.32 Å². The van der Waals surface area contributed by atoms with Crippen LogP contribution in [0.15, 0.2) is 40.9 Å². The first-order valence-electron chi connectivity index (χ1n) is 5.14. The molecule has 0 atom stereocenters. The average Bonchev–Trinajstić information content (AvgIpc) is 2.33. The van der Waals surface area contributed by atoms with E-state index >= 15 is 0 Å². The van der Waals surface area contributed by atoms with Crippen molar-refractivity contribution in [1.29, 1.82) is 0 Å². The number of rotatable bonds is 3. The molecule has 0 saturated carbocycles. The van der Waals surface area contributed by atoms with Crippen LogP contribution in [0.5, 0.6) is 0 Å². The summed E-state index contributed by atoms with van der Waals surface area (Å²) in [6, 6.07) is 9.86. The molecule has 0 spiro atoms. The van der Waals surface area contributed by atoms with Crippen molar-refractivity contribution in [3.8, 4) is 0 Å². The molecule has 2 aromatic rings. The zero-order valence-corrected chi connectivity index (χ0v) is 12.5. The van der Waals surface area contributed by atoms with Crippen LogP contribution >= 0.6 is 39.1 Å². The lowest BCUT2D eigenvalue weighted by atomic mass is 10.2. The van der Waals surface area contributed by atoms with Gasteiger partial charge >= 0.3 is 5.69 Å². The summed E-state index contributed by atoms with van der Waals surface area (Å²) in [6.45, 7) is 0. The van der Waals surface area contributed by atoms with E-state index in [1.807, 2.05) is 0 Å². The number of nitrogens with zero attached hydrogens (tertiary/aromatic N) is 1. The van der Waals surface area contributed by atoms with E-state index in [1.165, 1.54) is 6.07 Å². The maximum Gasteiger partial charge on any atom is 0.311 e. The van der Waals surface area contributed by atoms with Gasteiger partial charge in [-0.15, -0.1) is 0 Å². The zero-order chi connectivity index (χ0) is 14.0. The first-order valence-corrected chi connectivity index (χ1v) is 6.69. The lowest BCUT2D eigenvalue weighted by molar-refractivity contribution is -0.383. The molecule has 0 aliphatic carbocycles. The van der Waals surface area contributed by atoms with E-state index in [2.05, 4.69) is 21.2 Å². The molecule has 4 nitrogen and oxygen atoms in total. The van der Waals surface area contributed by atoms with Gasteiger partial charge in [-0.25, -0.2) is 0 Å². The summed E-state index contributed by atoms with van der Waals surface area (Å²) in [5.74, 6) is 0. The summed E-state index contributed by atoms with van der Waals surface area (Å²) < 4.78 is 0.750. The minimum Gasteiger partial charge on any atom is -0.350 e. The highest BCUT2D eigenvalue weighted by atomic mass is 79.9. The molecular formula is C12H7BrCl2N2O2. The smallest absolute Gasteiger partial charge is 0.311 e. The standard InChI is InChI=1S/C12H7BrCl2N2O2/c13-8-5-4-7(6-10(8)15)16-11-3-1-2-9(14)12(11)17(18)19/h1-6,16H. The van der Waals surface area contributed by atoms with E-state index in [-0.39, 0.29) is 10.7 Å². The van der Waals surface area contributed by atoms with Gasteiger partial charge in [0.15, 0.2) is 0 Å². The quantitative estimate of drug-likeness (QED) is 0.587. The summed E-state index contributed by atoms with van der Waals surface area (Å²) in [5.41, 5.74) is 0.790. The maximum atomic E-state index is 11.0. The molecule has 0 unspecified atom stereocenters. The molecule has 0 saturated heterocycles. The maximum absolute atomic E-state index is 11.0. The average molecular weight is 362 g/mol. The minimum absolute atomic E-state index is 0.0817. The number of nitro benzene ring substituents is 1. The van der Waals surface area contributed by atoms with E-state index in [4.69, 9.17) is 23.2 Å². The zero-order valence-electron chi connectivity index (χ0n) is 9.36. The minimum atomic E-state index is -0.523. The van der Waals surface area contributed by atoms with Gasteiger partial charge in [0.05, 0.1) is 9.95 Å². The SMILES string of the molecule is O=[N+]([O-])c1c(Cl)cccc1Nc1ccc(Br)c(Cl)c1. The number of hydrogen-bond acceptors (Lipinski definition) is 3. The molecule has 2 aromatic carbocycles. The summed E-state index contributed by atoms with van der Waals surface area (Å²) in [5, 5.41) is 14.5. The Hall–Kier alpha value is -1.30. The third-order valence-electron chi connectivity index (χ3n) is 2.37. The molecule has 2 rings (SSSR count). The lowest BCUT2D eigenvalue weighted by Crippen LogP contribution is -1.97. The van der Waals surface area contributed by atoms with Crippen molar-refractivity contribution in [3.63, 3.8) is 0 Å². The second kappa shape index (κ2) is 5.77. The molecule has 19 heavy (non-hydrogen) atoms. The van der Waals surface area contributed by atoms with Crippen LogP contribution in [0.25, 0.3) is 0 Å². The highest BCUT2D eigenvalue weighted by Crippen LogP contribution is 2.35. The number of para-hydroxylation sites is 1. The molecule has 0 aromatic heterocycles. The highest BCUT2D eigenvalue weighted by Gasteiger charge is 2.18. The molecule has 0 aliphatic heterocycles. The Balaban J connectivity index is 2.40. The summed E-state index contributed by atoms with van der Waals surface area (Å²) >= 11 is 15.1. The van der Waals surface area contributed by atoms with Crippen LogP contribution in [0.4, 0.5) is 17.1 Å². The van der Waals surface area contributed by atoms with Gasteiger partial charge in [0.1, 0.15) is 10.7 Å². The van der Waals surface area contributed by atoms with Crippen LogP contribution in [-0.4, -0.2) is 4.92 Å². The molecule has 0 fully saturated rings. The fourth-order valence-electron chi connectivity index (χ4n) is 1.53. The number of nitro groups is 1. The van der Waals surface area contributed by atoms with Gasteiger partial charge < -0.3 is 5.32 Å². The molecule has 0 radical (unpaired) electrons. The third kappa shape index (κ3) is 3.18. The topological polar surface area (TPSA) is 55.2 Å². The van der Waals surface area contributed by atoms with Gasteiger partial charge in [0.25, 0.3) is 0 Å². The van der Waals surface area contributed by atoms with Crippen molar-refractivity contribution in [2.24, 2.45) is 0 Å². The van der Waals surface area contributed by atoms with E-state index in [1.54, 1.807) is 30.3 Å². The Kier molecular flexibility index (Phi) is 4.29. The predicted molar refractivity (Wildman–Crippen MR) is 80.5 cm³/mol. The van der Waals surface area contributed by atoms with Crippen molar-refractivity contribution < 1.29 is 4.92 Å². The van der Waals surface area contributed by atoms with E-state index in [0.717, 1.165) is 4.47 Å². The van der Waals surface area contributed by atoms with Crippen LogP contribution in [0, 0.1) is 10.1 Å². The second-order valence-electron chi connectivity index (χ2n) is 3.65. The monoisotopic (exact) mass is 360 g/mol. The number of hydrogen-bond donors (Lipinski definition) is 1. The first-order chi connectivity index (χ1) is 8.99. The fourth-order valence-corrected chi connectivity index (χ4v) is 2.20. The third-order valence-corrected chi connectivity index (χ3v) is 3.91. The Morgan fingerprint density at radius 1 is 1.16 bits per heavy atom. The molecule has 98 valence electrons. The number of halogens is 3. The molecule has 0 amide bonds. The van der Waals surface area contributed by atoms with Gasteiger partial charge in [-0.3, -0.25) is 10.1 Å². The van der Waals surface area contributed by atoms with Crippen LogP contribution in [0.2, 0.25) is 10.0 Å². The Morgan fingerprint density at radius 3 is 2.53 bits per heavy atom. The Bertz CT molecular complexity index is 650. The first kappa shape index (κ1) is 14.1. The largest absolute Gasteiger partial charge is 0.350 e. The Morgan fingerprint density at radius 2 is 1.89 bits per heavy atom. The number of benzene rings is 2. The van der Waals surface area contributed by atoms with Crippen LogP contribution in [-0.2, 0) is 0 Å². The van der Waals surface area contributed by atoms with Crippen molar-refractivity contribution >= 4 is 56.2 Å². The van der Waals surface area contributed by atoms with Gasteiger partial charge in [0, 0.05) is 10.2 Å². The van der Waals surface area contributed by atoms with E-state index in [9.17, 15) is 10.1 Å². The van der Waals surface area contributed by atoms with Gasteiger partial charge in [-0.1, -0.05) is 29.3 Å². The van der Waals surface area contributed by atoms with Gasteiger partial charge in [0.2, 0.25) is 0 Å². The van der Waals surface area contributed by atoms with Crippen LogP contribution < -0.4 is 5.32 Å². The lowest BCUT2D eigenvalue weighted by Gasteiger charge is -2.08. The fraction of sp³-hybridized carbons (Fsp3) is 0. The molecule has 0 bridgehead atoms. The van der Waals surface area contributed by atoms with E-state index < -0.39 is 4.92 Å². The summed E-state index contributed by atoms with van der Waals surface area (Å²) in [6.07, 6.45) is 0. The van der Waals surface area contributed by atoms with Crippen molar-refractivity contribution in [1.82, 2.24) is 0 Å². The van der Waals surface area contributed by atoms with Gasteiger partial charge in [-0.2, -0.15) is 0 Å². The predicted octanol–water partition coefficient (Wildman–Crippen LogP) is 5.41. The highest BCUT2D eigenvalue weighted by molar-refractivity contribution is 9.10. The van der Waals surface area contributed by atoms with Gasteiger partial charge in [-0.05, 0) is 46.3 Å². The van der Waals surface area contributed by atoms with Crippen LogP contribution in [0.3, 0.4) is 0 Å². The second-order valence-corrected chi connectivity index (χ2v) is 5.32. The number of anilines is 2. The molecule has 7 heteroatoms. The Labute approximate surface area is 127 Å².